The third-order valence-electron chi connectivity index (χ3n) is 8.67. The molecule has 0 aliphatic carbocycles. The molecular weight excluding hydrogens is 582 g/mol. The van der Waals surface area contributed by atoms with E-state index in [2.05, 4.69) is 29.1 Å². The summed E-state index contributed by atoms with van der Waals surface area (Å²) >= 11 is 0. The summed E-state index contributed by atoms with van der Waals surface area (Å²) in [5, 5.41) is 1.77. The molecule has 0 spiro atoms. The van der Waals surface area contributed by atoms with Crippen LogP contribution >= 0.6 is 0 Å². The number of sulfonamides is 1. The number of carbonyl (C=O) groups excluding carboxylic acids is 1. The minimum Gasteiger partial charge on any atom is -0.339 e. The van der Waals surface area contributed by atoms with Gasteiger partial charge in [-0.15, -0.1) is 0 Å². The first-order chi connectivity index (χ1) is 21.8. The molecule has 45 heavy (non-hydrogen) atoms. The Labute approximate surface area is 262 Å². The van der Waals surface area contributed by atoms with E-state index < -0.39 is 10.0 Å². The van der Waals surface area contributed by atoms with E-state index in [9.17, 15) is 13.2 Å². The van der Waals surface area contributed by atoms with Crippen molar-refractivity contribution in [2.45, 2.75) is 4.90 Å². The fraction of sp³-hybridized carbons (Fsp3) is 0.167. The number of hydrogen-bond donors (Lipinski definition) is 1. The third-order valence-corrected chi connectivity index (χ3v) is 10.5. The van der Waals surface area contributed by atoms with Crippen molar-refractivity contribution in [3.8, 4) is 22.3 Å². The van der Waals surface area contributed by atoms with Gasteiger partial charge in [0.1, 0.15) is 5.65 Å². The van der Waals surface area contributed by atoms with Crippen LogP contribution in [0.1, 0.15) is 10.4 Å². The molecule has 1 aliphatic rings. The number of pyridine rings is 1. The van der Waals surface area contributed by atoms with Crippen LogP contribution in [0.5, 0.6) is 0 Å². The van der Waals surface area contributed by atoms with Crippen molar-refractivity contribution in [3.05, 3.63) is 115 Å². The van der Waals surface area contributed by atoms with Crippen LogP contribution < -0.4 is 4.31 Å². The summed E-state index contributed by atoms with van der Waals surface area (Å²) in [6.45, 7) is 3.19. The number of benzene rings is 4. The number of H-pyrrole nitrogens is 1. The van der Waals surface area contributed by atoms with Crippen molar-refractivity contribution in [1.29, 1.82) is 0 Å². The summed E-state index contributed by atoms with van der Waals surface area (Å²) in [6, 6.07) is 31.9. The Morgan fingerprint density at radius 1 is 0.822 bits per heavy atom. The monoisotopic (exact) mass is 615 g/mol. The summed E-state index contributed by atoms with van der Waals surface area (Å²) in [5.74, 6) is 0.0465. The largest absolute Gasteiger partial charge is 0.339 e. The lowest BCUT2D eigenvalue weighted by Gasteiger charge is -2.32. The van der Waals surface area contributed by atoms with E-state index in [1.165, 1.54) is 4.31 Å². The maximum atomic E-state index is 13.5. The first-order valence-corrected chi connectivity index (χ1v) is 16.4. The van der Waals surface area contributed by atoms with Crippen molar-refractivity contribution >= 4 is 43.6 Å². The second-order valence-corrected chi connectivity index (χ2v) is 13.4. The third kappa shape index (κ3) is 5.24. The first kappa shape index (κ1) is 28.8. The van der Waals surface area contributed by atoms with Gasteiger partial charge in [0.25, 0.3) is 15.9 Å². The number of aromatic amines is 1. The van der Waals surface area contributed by atoms with E-state index in [-0.39, 0.29) is 10.8 Å². The van der Waals surface area contributed by atoms with Gasteiger partial charge < -0.3 is 14.8 Å². The van der Waals surface area contributed by atoms with Gasteiger partial charge in [0.2, 0.25) is 0 Å². The highest BCUT2D eigenvalue weighted by molar-refractivity contribution is 7.92. The van der Waals surface area contributed by atoms with Crippen LogP contribution in [-0.2, 0) is 10.0 Å². The molecule has 8 nitrogen and oxygen atoms in total. The molecule has 7 rings (SSSR count). The maximum Gasteiger partial charge on any atom is 0.264 e. The number of likely N-dealkylation sites (N-methyl/N-ethyl adjacent to an activating group) is 1. The highest BCUT2D eigenvalue weighted by atomic mass is 32.2. The number of nitrogens with one attached hydrogen (secondary N) is 1. The molecule has 9 heteroatoms. The normalized spacial score (nSPS) is 14.2. The van der Waals surface area contributed by atoms with Gasteiger partial charge in [-0.25, -0.2) is 13.4 Å². The van der Waals surface area contributed by atoms with Crippen LogP contribution in [0.15, 0.2) is 114 Å². The van der Waals surface area contributed by atoms with Crippen LogP contribution in [0.25, 0.3) is 44.2 Å². The predicted octanol–water partition coefficient (Wildman–Crippen LogP) is 6.26. The summed E-state index contributed by atoms with van der Waals surface area (Å²) < 4.78 is 28.2. The smallest absolute Gasteiger partial charge is 0.264 e. The average Bonchev–Trinajstić information content (AvgIpc) is 3.46. The molecule has 0 unspecified atom stereocenters. The Balaban J connectivity index is 1.35. The lowest BCUT2D eigenvalue weighted by atomic mass is 9.92. The molecule has 4 aromatic carbocycles. The van der Waals surface area contributed by atoms with E-state index >= 15 is 0 Å². The maximum absolute atomic E-state index is 13.5. The molecule has 1 amide bonds. The number of piperazine rings is 1. The molecule has 1 N–H and O–H groups in total. The first-order valence-electron chi connectivity index (χ1n) is 14.9. The van der Waals surface area contributed by atoms with Crippen LogP contribution in [0.4, 0.5) is 5.69 Å². The van der Waals surface area contributed by atoms with Crippen molar-refractivity contribution in [1.82, 2.24) is 19.8 Å². The van der Waals surface area contributed by atoms with Gasteiger partial charge in [-0.2, -0.15) is 0 Å². The lowest BCUT2D eigenvalue weighted by Crippen LogP contribution is -2.47. The van der Waals surface area contributed by atoms with E-state index in [0.29, 0.717) is 16.9 Å². The molecule has 2 aromatic heterocycles. The summed E-state index contributed by atoms with van der Waals surface area (Å²) in [7, 11) is -0.109. The number of carbonyl (C=O) groups is 1. The molecular formula is C36H33N5O3S. The number of nitrogens with zero attached hydrogens (tertiary/aromatic N) is 4. The van der Waals surface area contributed by atoms with E-state index in [0.717, 1.165) is 64.7 Å². The van der Waals surface area contributed by atoms with Gasteiger partial charge in [-0.3, -0.25) is 9.10 Å². The number of anilines is 1. The Bertz CT molecular complexity index is 2120. The zero-order chi connectivity index (χ0) is 31.1. The van der Waals surface area contributed by atoms with Crippen LogP contribution in [0.2, 0.25) is 0 Å². The van der Waals surface area contributed by atoms with E-state index in [1.54, 1.807) is 43.4 Å². The van der Waals surface area contributed by atoms with Crippen molar-refractivity contribution in [2.24, 2.45) is 0 Å². The van der Waals surface area contributed by atoms with Gasteiger partial charge in [0.15, 0.2) is 0 Å². The molecule has 0 atom stereocenters. The highest BCUT2D eigenvalue weighted by Gasteiger charge is 2.24. The number of amides is 1. The molecule has 0 saturated carbocycles. The number of rotatable bonds is 6. The Kier molecular flexibility index (Phi) is 7.35. The van der Waals surface area contributed by atoms with Gasteiger partial charge >= 0.3 is 0 Å². The predicted molar refractivity (Wildman–Crippen MR) is 180 cm³/mol. The Morgan fingerprint density at radius 3 is 2.18 bits per heavy atom. The Morgan fingerprint density at radius 2 is 1.49 bits per heavy atom. The Hall–Kier alpha value is -4.99. The van der Waals surface area contributed by atoms with Gasteiger partial charge in [0.05, 0.1) is 10.6 Å². The minimum atomic E-state index is -3.76. The highest BCUT2D eigenvalue weighted by Crippen LogP contribution is 2.41. The van der Waals surface area contributed by atoms with Gasteiger partial charge in [-0.1, -0.05) is 60.7 Å². The number of aromatic nitrogens is 2. The number of fused-ring (bicyclic) bond motifs is 3. The topological polar surface area (TPSA) is 89.6 Å². The van der Waals surface area contributed by atoms with Gasteiger partial charge in [-0.05, 0) is 60.6 Å². The molecule has 1 aliphatic heterocycles. The second-order valence-electron chi connectivity index (χ2n) is 11.4. The fourth-order valence-corrected chi connectivity index (χ4v) is 7.25. The fourth-order valence-electron chi connectivity index (χ4n) is 6.04. The minimum absolute atomic E-state index is 0.0465. The molecule has 3 heterocycles. The van der Waals surface area contributed by atoms with Crippen molar-refractivity contribution < 1.29 is 13.2 Å². The quantitative estimate of drug-likeness (QED) is 0.239. The van der Waals surface area contributed by atoms with Crippen molar-refractivity contribution in [2.75, 3.05) is 44.6 Å². The molecule has 6 aromatic rings. The molecule has 1 saturated heterocycles. The SMILES string of the molecule is CN1CCN(C(=O)c2ccc(-c3cnc4[nH]c5ccc(N(C)S(=O)(=O)c6ccccc6)cc5c4c3-c3ccccc3)cc2)CC1. The van der Waals surface area contributed by atoms with E-state index in [4.69, 9.17) is 4.98 Å². The number of hydrogen-bond acceptors (Lipinski definition) is 5. The molecule has 0 bridgehead atoms. The standard InChI is InChI=1S/C36H33N5O3S/c1-39-19-21-41(22-20-39)36(42)27-15-13-25(14-16-27)31-24-37-35-34(33(31)26-9-5-3-6-10-26)30-23-28(17-18-32(30)38-35)40(2)45(43,44)29-11-7-4-8-12-29/h3-18,23-24H,19-22H2,1-2H3,(H,37,38). The second kappa shape index (κ2) is 11.5. The van der Waals surface area contributed by atoms with Crippen molar-refractivity contribution in [3.63, 3.8) is 0 Å². The average molecular weight is 616 g/mol. The summed E-state index contributed by atoms with van der Waals surface area (Å²) in [6.07, 6.45) is 1.87. The zero-order valence-corrected chi connectivity index (χ0v) is 26.0. The molecule has 0 radical (unpaired) electrons. The lowest BCUT2D eigenvalue weighted by molar-refractivity contribution is 0.0664. The van der Waals surface area contributed by atoms with Crippen LogP contribution in [0.3, 0.4) is 0 Å². The van der Waals surface area contributed by atoms with Crippen LogP contribution in [-0.4, -0.2) is 74.4 Å². The summed E-state index contributed by atoms with van der Waals surface area (Å²) in [4.78, 5) is 25.9. The molecule has 1 fully saturated rings. The van der Waals surface area contributed by atoms with E-state index in [1.807, 2.05) is 65.7 Å². The zero-order valence-electron chi connectivity index (χ0n) is 25.1. The van der Waals surface area contributed by atoms with Gasteiger partial charge in [0, 0.05) is 72.4 Å². The molecule has 226 valence electrons. The summed E-state index contributed by atoms with van der Waals surface area (Å²) in [5.41, 5.74) is 6.62. The van der Waals surface area contributed by atoms with Crippen LogP contribution in [0, 0.1) is 0 Å².